The fourth-order valence-corrected chi connectivity index (χ4v) is 4.45. The van der Waals surface area contributed by atoms with Gasteiger partial charge >= 0.3 is 5.76 Å². The zero-order valence-corrected chi connectivity index (χ0v) is 17.0. The number of nitrogens with zero attached hydrogens (tertiary/aromatic N) is 3. The predicted octanol–water partition coefficient (Wildman–Crippen LogP) is 2.66. The number of carbonyl (C=O) groups is 1. The van der Waals surface area contributed by atoms with E-state index in [1.54, 1.807) is 16.2 Å². The minimum Gasteiger partial charge on any atom is -0.336 e. The molecule has 1 aliphatic heterocycles. The number of aryl methyl sites for hydroxylation is 1. The van der Waals surface area contributed by atoms with Crippen LogP contribution in [0.25, 0.3) is 0 Å². The lowest BCUT2D eigenvalue weighted by Crippen LogP contribution is -2.48. The van der Waals surface area contributed by atoms with E-state index in [0.717, 1.165) is 35.8 Å². The maximum Gasteiger partial charge on any atom is 0.341 e. The topological polar surface area (TPSA) is 70.6 Å². The normalized spacial score (nSPS) is 15.9. The van der Waals surface area contributed by atoms with Gasteiger partial charge in [-0.2, -0.15) is 8.78 Å². The molecule has 1 amide bonds. The molecule has 0 spiro atoms. The highest BCUT2D eigenvalue weighted by Crippen LogP contribution is 2.20. The van der Waals surface area contributed by atoms with Crippen molar-refractivity contribution in [2.75, 3.05) is 26.2 Å². The van der Waals surface area contributed by atoms with Gasteiger partial charge in [0.2, 0.25) is 9.84 Å². The number of halogens is 2. The molecule has 2 heterocycles. The van der Waals surface area contributed by atoms with Crippen LogP contribution in [0.15, 0.2) is 34.5 Å². The van der Waals surface area contributed by atoms with Gasteiger partial charge in [-0.25, -0.2) is 13.4 Å². The third-order valence-electron chi connectivity index (χ3n) is 4.61. The van der Waals surface area contributed by atoms with Gasteiger partial charge in [0.05, 0.1) is 15.6 Å². The van der Waals surface area contributed by atoms with Gasteiger partial charge in [0.25, 0.3) is 5.91 Å². The first-order valence-corrected chi connectivity index (χ1v) is 11.3. The predicted molar refractivity (Wildman–Crippen MR) is 102 cm³/mol. The number of amides is 1. The van der Waals surface area contributed by atoms with Crippen molar-refractivity contribution >= 4 is 27.1 Å². The molecular weight excluding hydrogens is 408 g/mol. The Kier molecular flexibility index (Phi) is 6.41. The summed E-state index contributed by atoms with van der Waals surface area (Å²) >= 11 is 1.65. The first-order valence-electron chi connectivity index (χ1n) is 8.88. The molecule has 1 aromatic carbocycles. The number of sulfone groups is 1. The summed E-state index contributed by atoms with van der Waals surface area (Å²) < 4.78 is 48.1. The van der Waals surface area contributed by atoms with E-state index in [-0.39, 0.29) is 11.5 Å². The van der Waals surface area contributed by atoms with Crippen LogP contribution in [-0.2, 0) is 22.8 Å². The molecule has 1 aliphatic rings. The van der Waals surface area contributed by atoms with E-state index in [1.165, 1.54) is 12.1 Å². The highest BCUT2D eigenvalue weighted by molar-refractivity contribution is 7.91. The highest BCUT2D eigenvalue weighted by Gasteiger charge is 2.27. The standard InChI is InChI=1S/C18H21F2N3O3S2/c1-2-16-21-14(12-27-16)11-22-7-9-23(10-8-22)17(24)13-3-5-15(6-4-13)28(25,26)18(19)20/h3-6,12,18H,2,7-11H2,1H3. The molecule has 152 valence electrons. The fourth-order valence-electron chi connectivity index (χ4n) is 2.99. The minimum absolute atomic E-state index is 0.234. The largest absolute Gasteiger partial charge is 0.341 e. The Morgan fingerprint density at radius 3 is 2.36 bits per heavy atom. The van der Waals surface area contributed by atoms with E-state index in [9.17, 15) is 22.0 Å². The number of hydrogen-bond acceptors (Lipinski definition) is 6. The molecule has 0 N–H and O–H groups in total. The van der Waals surface area contributed by atoms with Gasteiger partial charge in [-0.05, 0) is 30.7 Å². The SMILES string of the molecule is CCc1nc(CN2CCN(C(=O)c3ccc(S(=O)(=O)C(F)F)cc3)CC2)cs1. The molecule has 2 aromatic rings. The van der Waals surface area contributed by atoms with Crippen molar-refractivity contribution in [1.82, 2.24) is 14.8 Å². The number of rotatable bonds is 6. The molecule has 1 aromatic heterocycles. The van der Waals surface area contributed by atoms with Gasteiger partial charge in [-0.15, -0.1) is 11.3 Å². The lowest BCUT2D eigenvalue weighted by molar-refractivity contribution is 0.0627. The first kappa shape index (κ1) is 20.8. The van der Waals surface area contributed by atoms with Gasteiger partial charge in [0.15, 0.2) is 0 Å². The Hall–Kier alpha value is -1.91. The van der Waals surface area contributed by atoms with E-state index in [0.29, 0.717) is 26.2 Å². The third kappa shape index (κ3) is 4.56. The Bertz CT molecular complexity index is 922. The van der Waals surface area contributed by atoms with Gasteiger partial charge < -0.3 is 4.90 Å². The van der Waals surface area contributed by atoms with Crippen LogP contribution in [0.1, 0.15) is 28.0 Å². The summed E-state index contributed by atoms with van der Waals surface area (Å²) in [4.78, 5) is 20.6. The van der Waals surface area contributed by atoms with E-state index in [4.69, 9.17) is 0 Å². The van der Waals surface area contributed by atoms with Crippen LogP contribution < -0.4 is 0 Å². The second-order valence-corrected chi connectivity index (χ2v) is 9.34. The smallest absolute Gasteiger partial charge is 0.336 e. The zero-order chi connectivity index (χ0) is 20.3. The Morgan fingerprint density at radius 1 is 1.18 bits per heavy atom. The van der Waals surface area contributed by atoms with Crippen molar-refractivity contribution in [3.05, 3.63) is 45.9 Å². The van der Waals surface area contributed by atoms with Gasteiger partial charge in [-0.3, -0.25) is 9.69 Å². The lowest BCUT2D eigenvalue weighted by Gasteiger charge is -2.34. The van der Waals surface area contributed by atoms with E-state index >= 15 is 0 Å². The molecule has 1 saturated heterocycles. The number of hydrogen-bond donors (Lipinski definition) is 0. The number of alkyl halides is 2. The summed E-state index contributed by atoms with van der Waals surface area (Å²) in [5, 5.41) is 3.17. The van der Waals surface area contributed by atoms with Crippen LogP contribution in [0.5, 0.6) is 0 Å². The minimum atomic E-state index is -4.65. The molecular formula is C18H21F2N3O3S2. The summed E-state index contributed by atoms with van der Waals surface area (Å²) in [6.45, 7) is 5.33. The molecule has 0 atom stereocenters. The average molecular weight is 430 g/mol. The summed E-state index contributed by atoms with van der Waals surface area (Å²) in [5.41, 5.74) is 1.33. The Labute approximate surface area is 166 Å². The molecule has 0 unspecified atom stereocenters. The first-order chi connectivity index (χ1) is 13.3. The molecule has 10 heteroatoms. The van der Waals surface area contributed by atoms with E-state index in [2.05, 4.69) is 22.2 Å². The maximum atomic E-state index is 12.6. The molecule has 6 nitrogen and oxygen atoms in total. The number of carbonyl (C=O) groups excluding carboxylic acids is 1. The third-order valence-corrected chi connectivity index (χ3v) is 7.05. The zero-order valence-electron chi connectivity index (χ0n) is 15.3. The quantitative estimate of drug-likeness (QED) is 0.706. The number of piperazine rings is 1. The molecule has 1 fully saturated rings. The van der Waals surface area contributed by atoms with Crippen molar-refractivity contribution in [3.8, 4) is 0 Å². The summed E-state index contributed by atoms with van der Waals surface area (Å²) in [5.74, 6) is -3.71. The fraction of sp³-hybridized carbons (Fsp3) is 0.444. The van der Waals surface area contributed by atoms with Crippen LogP contribution in [0, 0.1) is 0 Å². The van der Waals surface area contributed by atoms with Gasteiger partial charge in [-0.1, -0.05) is 6.92 Å². The summed E-state index contributed by atoms with van der Waals surface area (Å²) in [7, 11) is -4.65. The lowest BCUT2D eigenvalue weighted by atomic mass is 10.2. The average Bonchev–Trinajstić information content (AvgIpc) is 3.15. The molecule has 3 rings (SSSR count). The van der Waals surface area contributed by atoms with Crippen molar-refractivity contribution < 1.29 is 22.0 Å². The van der Waals surface area contributed by atoms with Crippen LogP contribution in [-0.4, -0.2) is 61.0 Å². The van der Waals surface area contributed by atoms with Crippen molar-refractivity contribution in [2.45, 2.75) is 30.5 Å². The van der Waals surface area contributed by atoms with Crippen LogP contribution in [0.4, 0.5) is 8.78 Å². The molecule has 0 aliphatic carbocycles. The Morgan fingerprint density at radius 2 is 1.82 bits per heavy atom. The van der Waals surface area contributed by atoms with E-state index < -0.39 is 20.5 Å². The van der Waals surface area contributed by atoms with Crippen molar-refractivity contribution in [1.29, 1.82) is 0 Å². The van der Waals surface area contributed by atoms with E-state index in [1.807, 2.05) is 0 Å². The molecule has 0 saturated carbocycles. The summed E-state index contributed by atoms with van der Waals surface area (Å²) in [6, 6.07) is 4.67. The molecule has 0 bridgehead atoms. The van der Waals surface area contributed by atoms with Crippen LogP contribution >= 0.6 is 11.3 Å². The van der Waals surface area contributed by atoms with Crippen molar-refractivity contribution in [3.63, 3.8) is 0 Å². The van der Waals surface area contributed by atoms with Gasteiger partial charge in [0, 0.05) is 43.7 Å². The van der Waals surface area contributed by atoms with Crippen LogP contribution in [0.3, 0.4) is 0 Å². The van der Waals surface area contributed by atoms with Crippen molar-refractivity contribution in [2.24, 2.45) is 0 Å². The highest BCUT2D eigenvalue weighted by atomic mass is 32.2. The molecule has 28 heavy (non-hydrogen) atoms. The second-order valence-electron chi connectivity index (χ2n) is 6.48. The Balaban J connectivity index is 1.57. The second kappa shape index (κ2) is 8.62. The summed E-state index contributed by atoms with van der Waals surface area (Å²) in [6.07, 6.45) is 0.921. The van der Waals surface area contributed by atoms with Crippen LogP contribution in [0.2, 0.25) is 0 Å². The van der Waals surface area contributed by atoms with Gasteiger partial charge in [0.1, 0.15) is 0 Å². The number of thiazole rings is 1. The maximum absolute atomic E-state index is 12.6. The number of benzene rings is 1. The number of aromatic nitrogens is 1. The monoisotopic (exact) mass is 429 g/mol. The molecule has 0 radical (unpaired) electrons.